The molecule has 102 valence electrons. The summed E-state index contributed by atoms with van der Waals surface area (Å²) in [6.07, 6.45) is 2.20. The van der Waals surface area contributed by atoms with E-state index in [4.69, 9.17) is 11.6 Å². The molecule has 7 heteroatoms. The van der Waals surface area contributed by atoms with Crippen LogP contribution >= 0.6 is 22.9 Å². The van der Waals surface area contributed by atoms with Crippen LogP contribution in [0.15, 0.2) is 11.6 Å². The highest BCUT2D eigenvalue weighted by atomic mass is 35.5. The third-order valence-corrected chi connectivity index (χ3v) is 3.81. The molecule has 0 unspecified atom stereocenters. The number of aryl methyl sites for hydroxylation is 2. The molecule has 0 aromatic carbocycles. The maximum absolute atomic E-state index is 11.8. The fourth-order valence-corrected chi connectivity index (χ4v) is 2.73. The Morgan fingerprint density at radius 3 is 2.95 bits per heavy atom. The Kier molecular flexibility index (Phi) is 4.55. The third-order valence-electron chi connectivity index (χ3n) is 2.64. The standard InChI is InChI=1S/C12H15ClN4OS/c1-8-9(6-17(2)16-8)5-14-11(18)3-12-15-10(4-13)7-19-12/h6-7H,3-5H2,1-2H3,(H,14,18). The smallest absolute Gasteiger partial charge is 0.227 e. The van der Waals surface area contributed by atoms with Gasteiger partial charge in [-0.1, -0.05) is 0 Å². The minimum absolute atomic E-state index is 0.0428. The number of carbonyl (C=O) groups excluding carboxylic acids is 1. The lowest BCUT2D eigenvalue weighted by Gasteiger charge is -2.02. The Morgan fingerprint density at radius 1 is 1.58 bits per heavy atom. The molecule has 0 saturated heterocycles. The molecule has 5 nitrogen and oxygen atoms in total. The predicted molar refractivity (Wildman–Crippen MR) is 75.2 cm³/mol. The largest absolute Gasteiger partial charge is 0.352 e. The van der Waals surface area contributed by atoms with Gasteiger partial charge in [0.25, 0.3) is 0 Å². The fourth-order valence-electron chi connectivity index (χ4n) is 1.71. The van der Waals surface area contributed by atoms with Gasteiger partial charge in [0.1, 0.15) is 5.01 Å². The summed E-state index contributed by atoms with van der Waals surface area (Å²) in [5.41, 5.74) is 2.77. The molecule has 0 aliphatic rings. The van der Waals surface area contributed by atoms with Crippen molar-refractivity contribution in [2.24, 2.45) is 7.05 Å². The summed E-state index contributed by atoms with van der Waals surface area (Å²) in [6.45, 7) is 2.42. The lowest BCUT2D eigenvalue weighted by molar-refractivity contribution is -0.120. The summed E-state index contributed by atoms with van der Waals surface area (Å²) in [5.74, 6) is 0.339. The average molecular weight is 299 g/mol. The molecule has 2 heterocycles. The molecule has 2 aromatic rings. The Balaban J connectivity index is 1.86. The summed E-state index contributed by atoms with van der Waals surface area (Å²) < 4.78 is 1.74. The van der Waals surface area contributed by atoms with E-state index in [1.807, 2.05) is 25.5 Å². The Bertz CT molecular complexity index is 578. The molecule has 0 atom stereocenters. The van der Waals surface area contributed by atoms with Crippen molar-refractivity contribution in [2.45, 2.75) is 25.8 Å². The topological polar surface area (TPSA) is 59.8 Å². The van der Waals surface area contributed by atoms with Crippen molar-refractivity contribution in [2.75, 3.05) is 0 Å². The zero-order valence-corrected chi connectivity index (χ0v) is 12.4. The molecule has 1 N–H and O–H groups in total. The van der Waals surface area contributed by atoms with Crippen LogP contribution in [0.25, 0.3) is 0 Å². The number of aromatic nitrogens is 3. The van der Waals surface area contributed by atoms with E-state index in [9.17, 15) is 4.79 Å². The predicted octanol–water partition coefficient (Wildman–Crippen LogP) is 1.78. The van der Waals surface area contributed by atoms with Gasteiger partial charge >= 0.3 is 0 Å². The van der Waals surface area contributed by atoms with Crippen LogP contribution in [0.4, 0.5) is 0 Å². The van der Waals surface area contributed by atoms with Gasteiger partial charge in [-0.25, -0.2) is 4.98 Å². The molecule has 0 saturated carbocycles. The van der Waals surface area contributed by atoms with Gasteiger partial charge in [0.05, 0.1) is 23.7 Å². The van der Waals surface area contributed by atoms with Gasteiger partial charge in [-0.3, -0.25) is 9.48 Å². The second-order valence-electron chi connectivity index (χ2n) is 4.23. The Hall–Kier alpha value is -1.40. The second-order valence-corrected chi connectivity index (χ2v) is 5.44. The first-order valence-electron chi connectivity index (χ1n) is 5.83. The van der Waals surface area contributed by atoms with Gasteiger partial charge in [0, 0.05) is 30.7 Å². The summed E-state index contributed by atoms with van der Waals surface area (Å²) in [4.78, 5) is 16.1. The first kappa shape index (κ1) is 14.0. The van der Waals surface area contributed by atoms with Crippen molar-refractivity contribution in [3.05, 3.63) is 33.5 Å². The van der Waals surface area contributed by atoms with Gasteiger partial charge in [0.2, 0.25) is 5.91 Å². The molecular weight excluding hydrogens is 284 g/mol. The molecule has 1 amide bonds. The minimum Gasteiger partial charge on any atom is -0.352 e. The van der Waals surface area contributed by atoms with Gasteiger partial charge in [0.15, 0.2) is 0 Å². The van der Waals surface area contributed by atoms with Crippen LogP contribution in [0.2, 0.25) is 0 Å². The highest BCUT2D eigenvalue weighted by molar-refractivity contribution is 7.09. The van der Waals surface area contributed by atoms with Gasteiger partial charge in [-0.15, -0.1) is 22.9 Å². The first-order chi connectivity index (χ1) is 9.08. The van der Waals surface area contributed by atoms with E-state index < -0.39 is 0 Å². The number of alkyl halides is 1. The molecule has 0 radical (unpaired) electrons. The monoisotopic (exact) mass is 298 g/mol. The minimum atomic E-state index is -0.0428. The quantitative estimate of drug-likeness (QED) is 0.856. The molecule has 2 aromatic heterocycles. The molecule has 0 spiro atoms. The second kappa shape index (κ2) is 6.16. The lowest BCUT2D eigenvalue weighted by atomic mass is 10.2. The maximum atomic E-state index is 11.8. The van der Waals surface area contributed by atoms with Crippen LogP contribution in [-0.4, -0.2) is 20.7 Å². The Labute approximate surface area is 120 Å². The summed E-state index contributed by atoms with van der Waals surface area (Å²) in [6, 6.07) is 0. The normalized spacial score (nSPS) is 10.7. The van der Waals surface area contributed by atoms with Gasteiger partial charge < -0.3 is 5.32 Å². The number of carbonyl (C=O) groups is 1. The number of nitrogens with zero attached hydrogens (tertiary/aromatic N) is 3. The van der Waals surface area contributed by atoms with Crippen LogP contribution in [-0.2, 0) is 30.7 Å². The molecule has 19 heavy (non-hydrogen) atoms. The maximum Gasteiger partial charge on any atom is 0.227 e. The van der Waals surface area contributed by atoms with Crippen molar-refractivity contribution in [3.63, 3.8) is 0 Å². The number of rotatable bonds is 5. The zero-order chi connectivity index (χ0) is 13.8. The van der Waals surface area contributed by atoms with Crippen LogP contribution in [0.1, 0.15) is 22.0 Å². The van der Waals surface area contributed by atoms with Crippen LogP contribution < -0.4 is 5.32 Å². The summed E-state index contributed by atoms with van der Waals surface area (Å²) in [7, 11) is 1.86. The van der Waals surface area contributed by atoms with E-state index in [1.165, 1.54) is 11.3 Å². The number of halogens is 1. The van der Waals surface area contributed by atoms with Crippen molar-refractivity contribution < 1.29 is 4.79 Å². The summed E-state index contributed by atoms with van der Waals surface area (Å²) in [5, 5.41) is 9.76. The highest BCUT2D eigenvalue weighted by Gasteiger charge is 2.09. The van der Waals surface area contributed by atoms with Gasteiger partial charge in [-0.2, -0.15) is 5.10 Å². The molecule has 0 fully saturated rings. The molecular formula is C12H15ClN4OS. The number of amides is 1. The molecule has 0 aliphatic carbocycles. The number of hydrogen-bond acceptors (Lipinski definition) is 4. The fraction of sp³-hybridized carbons (Fsp3) is 0.417. The summed E-state index contributed by atoms with van der Waals surface area (Å²) >= 11 is 7.13. The molecule has 0 aliphatic heterocycles. The van der Waals surface area contributed by atoms with E-state index in [-0.39, 0.29) is 5.91 Å². The highest BCUT2D eigenvalue weighted by Crippen LogP contribution is 2.12. The SMILES string of the molecule is Cc1nn(C)cc1CNC(=O)Cc1nc(CCl)cs1. The van der Waals surface area contributed by atoms with E-state index in [2.05, 4.69) is 15.4 Å². The van der Waals surface area contributed by atoms with E-state index in [0.717, 1.165) is 22.0 Å². The Morgan fingerprint density at radius 2 is 2.37 bits per heavy atom. The van der Waals surface area contributed by atoms with E-state index in [0.29, 0.717) is 18.8 Å². The van der Waals surface area contributed by atoms with Crippen LogP contribution in [0.5, 0.6) is 0 Å². The lowest BCUT2D eigenvalue weighted by Crippen LogP contribution is -2.24. The van der Waals surface area contributed by atoms with Crippen LogP contribution in [0, 0.1) is 6.92 Å². The first-order valence-corrected chi connectivity index (χ1v) is 7.25. The van der Waals surface area contributed by atoms with Crippen molar-refractivity contribution in [1.82, 2.24) is 20.1 Å². The third kappa shape index (κ3) is 3.78. The van der Waals surface area contributed by atoms with E-state index >= 15 is 0 Å². The van der Waals surface area contributed by atoms with Gasteiger partial charge in [-0.05, 0) is 6.92 Å². The van der Waals surface area contributed by atoms with Crippen molar-refractivity contribution in [1.29, 1.82) is 0 Å². The molecule has 2 rings (SSSR count). The van der Waals surface area contributed by atoms with Crippen molar-refractivity contribution in [3.8, 4) is 0 Å². The molecule has 0 bridgehead atoms. The number of hydrogen-bond donors (Lipinski definition) is 1. The number of nitrogens with one attached hydrogen (secondary N) is 1. The van der Waals surface area contributed by atoms with Crippen molar-refractivity contribution >= 4 is 28.8 Å². The zero-order valence-electron chi connectivity index (χ0n) is 10.8. The van der Waals surface area contributed by atoms with Crippen LogP contribution in [0.3, 0.4) is 0 Å². The number of thiazole rings is 1. The average Bonchev–Trinajstić information content (AvgIpc) is 2.93. The van der Waals surface area contributed by atoms with E-state index in [1.54, 1.807) is 4.68 Å².